The Labute approximate surface area is 216 Å². The van der Waals surface area contributed by atoms with Gasteiger partial charge in [0, 0.05) is 12.1 Å². The lowest BCUT2D eigenvalue weighted by Crippen LogP contribution is -2.29. The molecule has 1 heterocycles. The second kappa shape index (κ2) is 11.2. The summed E-state index contributed by atoms with van der Waals surface area (Å²) in [6.45, 7) is 6.42. The molecule has 1 atom stereocenters. The van der Waals surface area contributed by atoms with Crippen LogP contribution in [0.25, 0.3) is 5.76 Å². The van der Waals surface area contributed by atoms with Crippen LogP contribution in [0.15, 0.2) is 78.4 Å². The van der Waals surface area contributed by atoms with Crippen LogP contribution in [0.4, 0.5) is 0 Å². The van der Waals surface area contributed by atoms with Gasteiger partial charge in [0.05, 0.1) is 31.4 Å². The summed E-state index contributed by atoms with van der Waals surface area (Å²) in [5, 5.41) is 11.3. The largest absolute Gasteiger partial charge is 0.507 e. The molecule has 7 nitrogen and oxygen atoms in total. The van der Waals surface area contributed by atoms with E-state index in [1.807, 2.05) is 57.2 Å². The summed E-state index contributed by atoms with van der Waals surface area (Å²) in [6, 6.07) is 20.6. The minimum Gasteiger partial charge on any atom is -0.507 e. The van der Waals surface area contributed by atoms with Gasteiger partial charge in [-0.15, -0.1) is 0 Å². The molecule has 0 bridgehead atoms. The molecule has 1 fully saturated rings. The summed E-state index contributed by atoms with van der Waals surface area (Å²) < 4.78 is 16.6. The molecule has 1 aliphatic rings. The van der Waals surface area contributed by atoms with Gasteiger partial charge in [-0.2, -0.15) is 0 Å². The molecular formula is C30H31NO6. The van der Waals surface area contributed by atoms with E-state index in [-0.39, 0.29) is 24.0 Å². The fourth-order valence-electron chi connectivity index (χ4n) is 4.38. The van der Waals surface area contributed by atoms with Crippen molar-refractivity contribution in [3.63, 3.8) is 0 Å². The molecular weight excluding hydrogens is 470 g/mol. The zero-order valence-corrected chi connectivity index (χ0v) is 21.4. The maximum absolute atomic E-state index is 13.4. The Balaban J connectivity index is 1.81. The maximum atomic E-state index is 13.4. The summed E-state index contributed by atoms with van der Waals surface area (Å²) in [4.78, 5) is 28.2. The van der Waals surface area contributed by atoms with Crippen molar-refractivity contribution in [3.8, 4) is 17.2 Å². The van der Waals surface area contributed by atoms with Crippen molar-refractivity contribution >= 4 is 17.4 Å². The summed E-state index contributed by atoms with van der Waals surface area (Å²) in [6.07, 6.45) is -0.0511. The first-order valence-corrected chi connectivity index (χ1v) is 12.2. The third-order valence-corrected chi connectivity index (χ3v) is 6.04. The minimum atomic E-state index is -0.801. The van der Waals surface area contributed by atoms with Gasteiger partial charge in [0.2, 0.25) is 0 Å². The molecule has 0 radical (unpaired) electrons. The fraction of sp³-hybridized carbons (Fsp3) is 0.267. The van der Waals surface area contributed by atoms with Crippen LogP contribution in [0.1, 0.15) is 43.5 Å². The van der Waals surface area contributed by atoms with E-state index in [0.717, 1.165) is 5.56 Å². The lowest BCUT2D eigenvalue weighted by molar-refractivity contribution is -0.140. The zero-order valence-electron chi connectivity index (χ0n) is 21.4. The van der Waals surface area contributed by atoms with Crippen LogP contribution in [0.5, 0.6) is 17.2 Å². The Morgan fingerprint density at radius 3 is 2.24 bits per heavy atom. The van der Waals surface area contributed by atoms with E-state index >= 15 is 0 Å². The monoisotopic (exact) mass is 501 g/mol. The lowest BCUT2D eigenvalue weighted by atomic mass is 9.95. The highest BCUT2D eigenvalue weighted by Gasteiger charge is 2.46. The number of carbonyl (C=O) groups excluding carboxylic acids is 2. The summed E-state index contributed by atoms with van der Waals surface area (Å²) in [7, 11) is 1.58. The van der Waals surface area contributed by atoms with Gasteiger partial charge in [0.15, 0.2) is 0 Å². The smallest absolute Gasteiger partial charge is 0.295 e. The molecule has 1 amide bonds. The van der Waals surface area contributed by atoms with Crippen molar-refractivity contribution in [3.05, 3.63) is 95.1 Å². The van der Waals surface area contributed by atoms with Crippen molar-refractivity contribution in [2.45, 2.75) is 39.5 Å². The number of rotatable bonds is 9. The molecule has 0 saturated carbocycles. The molecule has 0 spiro atoms. The Morgan fingerprint density at radius 2 is 1.62 bits per heavy atom. The number of methoxy groups -OCH3 is 1. The van der Waals surface area contributed by atoms with Crippen LogP contribution in [0.3, 0.4) is 0 Å². The Bertz CT molecular complexity index is 1290. The molecule has 3 aromatic carbocycles. The predicted molar refractivity (Wildman–Crippen MR) is 141 cm³/mol. The lowest BCUT2D eigenvalue weighted by Gasteiger charge is -2.26. The number of aliphatic hydroxyl groups excluding tert-OH is 1. The summed E-state index contributed by atoms with van der Waals surface area (Å²) in [5.41, 5.74) is 1.94. The van der Waals surface area contributed by atoms with Gasteiger partial charge in [0.1, 0.15) is 23.0 Å². The minimum absolute atomic E-state index is 0.0318. The average Bonchev–Trinajstić information content (AvgIpc) is 3.14. The number of aliphatic hydroxyl groups is 1. The van der Waals surface area contributed by atoms with Gasteiger partial charge >= 0.3 is 0 Å². The van der Waals surface area contributed by atoms with Gasteiger partial charge in [-0.05, 0) is 80.4 Å². The predicted octanol–water partition coefficient (Wildman–Crippen LogP) is 5.50. The van der Waals surface area contributed by atoms with Crippen molar-refractivity contribution in [2.75, 3.05) is 13.7 Å². The van der Waals surface area contributed by atoms with Crippen molar-refractivity contribution < 1.29 is 28.9 Å². The van der Waals surface area contributed by atoms with Gasteiger partial charge in [-0.1, -0.05) is 24.3 Å². The molecule has 4 rings (SSSR count). The first-order valence-electron chi connectivity index (χ1n) is 12.2. The standard InChI is InChI=1S/C30H31NO6/c1-5-36-24-15-11-21(12-16-24)28(32)26-27(22-7-6-8-25(17-22)37-19(2)3)31(30(34)29(26)33)18-20-9-13-23(35-4)14-10-20/h6-17,19,27,32H,5,18H2,1-4H3/b28-26-. The molecule has 1 unspecified atom stereocenters. The third-order valence-electron chi connectivity index (χ3n) is 6.04. The van der Waals surface area contributed by atoms with E-state index in [1.54, 1.807) is 43.5 Å². The normalized spacial score (nSPS) is 16.8. The van der Waals surface area contributed by atoms with Crippen LogP contribution < -0.4 is 14.2 Å². The van der Waals surface area contributed by atoms with Crippen LogP contribution in [0.2, 0.25) is 0 Å². The summed E-state index contributed by atoms with van der Waals surface area (Å²) >= 11 is 0. The molecule has 3 aromatic rings. The third kappa shape index (κ3) is 5.61. The van der Waals surface area contributed by atoms with E-state index in [0.29, 0.717) is 35.0 Å². The number of likely N-dealkylation sites (tertiary alicyclic amines) is 1. The molecule has 1 N–H and O–H groups in total. The van der Waals surface area contributed by atoms with Gasteiger partial charge in [0.25, 0.3) is 11.7 Å². The van der Waals surface area contributed by atoms with Crippen molar-refractivity contribution in [1.82, 2.24) is 4.90 Å². The first kappa shape index (κ1) is 25.8. The van der Waals surface area contributed by atoms with Crippen LogP contribution in [-0.4, -0.2) is 41.5 Å². The molecule has 37 heavy (non-hydrogen) atoms. The second-order valence-corrected chi connectivity index (χ2v) is 8.97. The number of nitrogens with zero attached hydrogens (tertiary/aromatic N) is 1. The SMILES string of the molecule is CCOc1ccc(/C(O)=C2/C(=O)C(=O)N(Cc3ccc(OC)cc3)C2c2cccc(OC(C)C)c2)cc1. The van der Waals surface area contributed by atoms with Crippen LogP contribution in [-0.2, 0) is 16.1 Å². The van der Waals surface area contributed by atoms with Crippen molar-refractivity contribution in [2.24, 2.45) is 0 Å². The van der Waals surface area contributed by atoms with Gasteiger partial charge in [-0.25, -0.2) is 0 Å². The van der Waals surface area contributed by atoms with Gasteiger partial charge < -0.3 is 24.2 Å². The molecule has 1 aliphatic heterocycles. The number of ketones is 1. The van der Waals surface area contributed by atoms with Crippen molar-refractivity contribution in [1.29, 1.82) is 0 Å². The average molecular weight is 502 g/mol. The molecule has 7 heteroatoms. The number of ether oxygens (including phenoxy) is 3. The Hall–Kier alpha value is -4.26. The highest BCUT2D eigenvalue weighted by molar-refractivity contribution is 6.46. The molecule has 0 aromatic heterocycles. The molecule has 1 saturated heterocycles. The quantitative estimate of drug-likeness (QED) is 0.237. The zero-order chi connectivity index (χ0) is 26.5. The summed E-state index contributed by atoms with van der Waals surface area (Å²) in [5.74, 6) is 0.302. The van der Waals surface area contributed by atoms with E-state index in [9.17, 15) is 14.7 Å². The Kier molecular flexibility index (Phi) is 7.82. The number of benzene rings is 3. The number of Topliss-reactive ketones (excluding diaryl/α,β-unsaturated/α-hetero) is 1. The molecule has 0 aliphatic carbocycles. The maximum Gasteiger partial charge on any atom is 0.295 e. The van der Waals surface area contributed by atoms with E-state index in [4.69, 9.17) is 14.2 Å². The van der Waals surface area contributed by atoms with E-state index < -0.39 is 17.7 Å². The first-order chi connectivity index (χ1) is 17.8. The van der Waals surface area contributed by atoms with Crippen LogP contribution in [0, 0.1) is 0 Å². The van der Waals surface area contributed by atoms with E-state index in [2.05, 4.69) is 0 Å². The number of amides is 1. The van der Waals surface area contributed by atoms with Gasteiger partial charge in [-0.3, -0.25) is 9.59 Å². The fourth-order valence-corrected chi connectivity index (χ4v) is 4.38. The second-order valence-electron chi connectivity index (χ2n) is 8.97. The highest BCUT2D eigenvalue weighted by Crippen LogP contribution is 2.41. The number of hydrogen-bond donors (Lipinski definition) is 1. The molecule has 192 valence electrons. The van der Waals surface area contributed by atoms with Crippen LogP contribution >= 0.6 is 0 Å². The Morgan fingerprint density at radius 1 is 0.946 bits per heavy atom. The topological polar surface area (TPSA) is 85.3 Å². The highest BCUT2D eigenvalue weighted by atomic mass is 16.5. The van der Waals surface area contributed by atoms with E-state index in [1.165, 1.54) is 4.90 Å². The number of hydrogen-bond acceptors (Lipinski definition) is 6. The number of carbonyl (C=O) groups is 2.